The van der Waals surface area contributed by atoms with Gasteiger partial charge in [-0.3, -0.25) is 4.79 Å². The molecule has 1 aliphatic rings. The van der Waals surface area contributed by atoms with Crippen LogP contribution >= 0.6 is 0 Å². The lowest BCUT2D eigenvalue weighted by Gasteiger charge is -2.18. The summed E-state index contributed by atoms with van der Waals surface area (Å²) in [6, 6.07) is 8.97. The van der Waals surface area contributed by atoms with Crippen LogP contribution in [0.1, 0.15) is 36.4 Å². The number of amides is 1. The SMILES string of the molecule is C=CC(=O)N1CCCC(c2ccc3ncnc(Nc4ccc(Oc5cnc6c(c5)ncn6C)c(C)c4F)c3n2)CC1. The monoisotopic (exact) mass is 552 g/mol. The van der Waals surface area contributed by atoms with Gasteiger partial charge in [0, 0.05) is 43.4 Å². The molecule has 1 N–H and O–H groups in total. The molecular formula is C30H29FN8O2. The second-order valence-electron chi connectivity index (χ2n) is 10.1. The van der Waals surface area contributed by atoms with Crippen LogP contribution in [-0.2, 0) is 11.8 Å². The summed E-state index contributed by atoms with van der Waals surface area (Å²) in [6.07, 6.45) is 8.65. The maximum absolute atomic E-state index is 15.6. The number of halogens is 1. The highest BCUT2D eigenvalue weighted by atomic mass is 19.1. The Morgan fingerprint density at radius 3 is 2.85 bits per heavy atom. The van der Waals surface area contributed by atoms with E-state index in [1.165, 1.54) is 12.4 Å². The van der Waals surface area contributed by atoms with Crippen molar-refractivity contribution in [2.45, 2.75) is 32.1 Å². The van der Waals surface area contributed by atoms with Gasteiger partial charge in [0.05, 0.1) is 23.7 Å². The van der Waals surface area contributed by atoms with E-state index < -0.39 is 5.82 Å². The third kappa shape index (κ3) is 5.18. The van der Waals surface area contributed by atoms with Gasteiger partial charge >= 0.3 is 0 Å². The fourth-order valence-electron chi connectivity index (χ4n) is 5.20. The molecule has 0 saturated carbocycles. The molecular weight excluding hydrogens is 523 g/mol. The van der Waals surface area contributed by atoms with Crippen LogP contribution in [0.15, 0.2) is 61.8 Å². The lowest BCUT2D eigenvalue weighted by Crippen LogP contribution is -2.30. The number of carbonyl (C=O) groups excluding carboxylic acids is 1. The van der Waals surface area contributed by atoms with Crippen molar-refractivity contribution < 1.29 is 13.9 Å². The van der Waals surface area contributed by atoms with Gasteiger partial charge in [0.1, 0.15) is 28.9 Å². The number of ether oxygens (including phenoxy) is 1. The molecule has 10 nitrogen and oxygen atoms in total. The average molecular weight is 553 g/mol. The van der Waals surface area contributed by atoms with E-state index >= 15 is 4.39 Å². The lowest BCUT2D eigenvalue weighted by molar-refractivity contribution is -0.125. The number of hydrogen-bond acceptors (Lipinski definition) is 8. The summed E-state index contributed by atoms with van der Waals surface area (Å²) < 4.78 is 23.3. The number of anilines is 2. The fraction of sp³-hybridized carbons (Fsp3) is 0.267. The Kier molecular flexibility index (Phi) is 7.00. The Morgan fingerprint density at radius 2 is 2.00 bits per heavy atom. The molecule has 1 fully saturated rings. The Balaban J connectivity index is 1.24. The number of benzene rings is 1. The van der Waals surface area contributed by atoms with Crippen LogP contribution in [0, 0.1) is 12.7 Å². The van der Waals surface area contributed by atoms with E-state index in [1.54, 1.807) is 37.6 Å². The van der Waals surface area contributed by atoms with Crippen molar-refractivity contribution >= 4 is 39.6 Å². The summed E-state index contributed by atoms with van der Waals surface area (Å²) in [5.74, 6) is 0.921. The smallest absolute Gasteiger partial charge is 0.245 e. The van der Waals surface area contributed by atoms with Crippen molar-refractivity contribution in [3.8, 4) is 11.5 Å². The highest BCUT2D eigenvalue weighted by Gasteiger charge is 2.22. The summed E-state index contributed by atoms with van der Waals surface area (Å²) in [4.78, 5) is 36.2. The van der Waals surface area contributed by atoms with E-state index in [4.69, 9.17) is 9.72 Å². The molecule has 0 aliphatic carbocycles. The molecule has 208 valence electrons. The highest BCUT2D eigenvalue weighted by Crippen LogP contribution is 2.34. The van der Waals surface area contributed by atoms with E-state index in [2.05, 4.69) is 31.8 Å². The number of carbonyl (C=O) groups is 1. The van der Waals surface area contributed by atoms with Gasteiger partial charge in [-0.2, -0.15) is 0 Å². The standard InChI is InChI=1S/C30H29FN8O2/c1-4-26(40)39-12-5-6-19(11-13-39)21-7-8-23-28(36-21)29(34-16-33-23)37-22-9-10-25(18(2)27(22)31)41-20-14-24-30(32-15-20)38(3)17-35-24/h4,7-10,14-17,19H,1,5-6,11-13H2,2-3H3,(H,33,34,37). The molecule has 1 atom stereocenters. The number of likely N-dealkylation sites (tertiary alicyclic amines) is 1. The molecule has 5 heterocycles. The second-order valence-corrected chi connectivity index (χ2v) is 10.1. The van der Waals surface area contributed by atoms with Crippen LogP contribution in [-0.4, -0.2) is 53.4 Å². The van der Waals surface area contributed by atoms with E-state index in [9.17, 15) is 4.79 Å². The third-order valence-electron chi connectivity index (χ3n) is 7.48. The Bertz CT molecular complexity index is 1790. The van der Waals surface area contributed by atoms with Gasteiger partial charge in [-0.25, -0.2) is 29.3 Å². The van der Waals surface area contributed by atoms with Gasteiger partial charge in [0.15, 0.2) is 17.3 Å². The molecule has 0 spiro atoms. The molecule has 4 aromatic heterocycles. The average Bonchev–Trinajstić information content (AvgIpc) is 3.19. The van der Waals surface area contributed by atoms with E-state index in [0.717, 1.165) is 30.6 Å². The van der Waals surface area contributed by atoms with Gasteiger partial charge in [-0.1, -0.05) is 6.58 Å². The summed E-state index contributed by atoms with van der Waals surface area (Å²) in [5.41, 5.74) is 4.11. The van der Waals surface area contributed by atoms with E-state index in [0.29, 0.717) is 52.5 Å². The van der Waals surface area contributed by atoms with Gasteiger partial charge < -0.3 is 19.5 Å². The largest absolute Gasteiger partial charge is 0.455 e. The van der Waals surface area contributed by atoms with Gasteiger partial charge in [-0.05, 0) is 56.5 Å². The number of aromatic nitrogens is 6. The first-order valence-corrected chi connectivity index (χ1v) is 13.5. The van der Waals surface area contributed by atoms with Crippen LogP contribution in [0.25, 0.3) is 22.2 Å². The van der Waals surface area contributed by atoms with Crippen LogP contribution < -0.4 is 10.1 Å². The number of nitrogens with zero attached hydrogens (tertiary/aromatic N) is 7. The number of pyridine rings is 2. The molecule has 41 heavy (non-hydrogen) atoms. The summed E-state index contributed by atoms with van der Waals surface area (Å²) >= 11 is 0. The molecule has 1 aliphatic heterocycles. The molecule has 5 aromatic rings. The first-order chi connectivity index (χ1) is 19.9. The van der Waals surface area contributed by atoms with Crippen molar-refractivity contribution in [3.63, 3.8) is 0 Å². The van der Waals surface area contributed by atoms with Crippen molar-refractivity contribution in [1.29, 1.82) is 0 Å². The highest BCUT2D eigenvalue weighted by molar-refractivity contribution is 5.88. The van der Waals surface area contributed by atoms with Crippen LogP contribution in [0.4, 0.5) is 15.9 Å². The van der Waals surface area contributed by atoms with Crippen molar-refractivity contribution in [1.82, 2.24) is 34.4 Å². The molecule has 1 aromatic carbocycles. The minimum Gasteiger partial charge on any atom is -0.455 e. The third-order valence-corrected chi connectivity index (χ3v) is 7.48. The lowest BCUT2D eigenvalue weighted by atomic mass is 9.96. The van der Waals surface area contributed by atoms with E-state index in [1.807, 2.05) is 28.6 Å². The summed E-state index contributed by atoms with van der Waals surface area (Å²) in [5, 5.41) is 3.11. The van der Waals surface area contributed by atoms with Gasteiger partial charge in [-0.15, -0.1) is 0 Å². The predicted octanol–water partition coefficient (Wildman–Crippen LogP) is 5.57. The Labute approximate surface area is 235 Å². The molecule has 6 rings (SSSR count). The van der Waals surface area contributed by atoms with Crippen molar-refractivity contribution in [2.75, 3.05) is 18.4 Å². The maximum atomic E-state index is 15.6. The minimum absolute atomic E-state index is 0.0447. The van der Waals surface area contributed by atoms with Crippen LogP contribution in [0.2, 0.25) is 0 Å². The van der Waals surface area contributed by atoms with Crippen LogP contribution in [0.5, 0.6) is 11.5 Å². The topological polar surface area (TPSA) is 111 Å². The second kappa shape index (κ2) is 10.9. The number of nitrogens with one attached hydrogen (secondary N) is 1. The Morgan fingerprint density at radius 1 is 1.12 bits per heavy atom. The molecule has 1 amide bonds. The van der Waals surface area contributed by atoms with Crippen LogP contribution in [0.3, 0.4) is 0 Å². The zero-order chi connectivity index (χ0) is 28.5. The number of imidazole rings is 1. The summed E-state index contributed by atoms with van der Waals surface area (Å²) in [7, 11) is 1.86. The molecule has 1 saturated heterocycles. The predicted molar refractivity (Wildman–Crippen MR) is 154 cm³/mol. The fourth-order valence-corrected chi connectivity index (χ4v) is 5.20. The maximum Gasteiger partial charge on any atom is 0.245 e. The molecule has 0 bridgehead atoms. The molecule has 1 unspecified atom stereocenters. The molecule has 0 radical (unpaired) electrons. The Hall–Kier alpha value is -4.93. The zero-order valence-corrected chi connectivity index (χ0v) is 22.8. The van der Waals surface area contributed by atoms with Gasteiger partial charge in [0.25, 0.3) is 0 Å². The quantitative estimate of drug-likeness (QED) is 0.272. The number of rotatable bonds is 6. The minimum atomic E-state index is -0.465. The summed E-state index contributed by atoms with van der Waals surface area (Å²) in [6.45, 7) is 6.62. The number of hydrogen-bond donors (Lipinski definition) is 1. The van der Waals surface area contributed by atoms with E-state index in [-0.39, 0.29) is 17.5 Å². The van der Waals surface area contributed by atoms with Crippen molar-refractivity contribution in [3.05, 3.63) is 78.9 Å². The first kappa shape index (κ1) is 26.3. The normalized spacial score (nSPS) is 15.6. The van der Waals surface area contributed by atoms with Crippen molar-refractivity contribution in [2.24, 2.45) is 7.05 Å². The number of fused-ring (bicyclic) bond motifs is 2. The first-order valence-electron chi connectivity index (χ1n) is 13.5. The zero-order valence-electron chi connectivity index (χ0n) is 22.8. The number of aryl methyl sites for hydroxylation is 1. The van der Waals surface area contributed by atoms with Gasteiger partial charge in [0.2, 0.25) is 5.91 Å². The molecule has 11 heteroatoms.